The third-order valence-electron chi connectivity index (χ3n) is 2.77. The molecule has 0 spiro atoms. The van der Waals surface area contributed by atoms with Crippen LogP contribution in [-0.2, 0) is 14.2 Å². The minimum absolute atomic E-state index is 0.209. The second-order valence-electron chi connectivity index (χ2n) is 4.50. The van der Waals surface area contributed by atoms with Crippen LogP contribution in [0.15, 0.2) is 5.11 Å². The SMILES string of the molecule is C[C@H](N=[N+]=[N-])[C@H]1O[C@@H](S)[C@H]2OC(C)(C)OC12. The molecule has 1 unspecified atom stereocenters. The molecule has 2 heterocycles. The molecule has 0 N–H and O–H groups in total. The van der Waals surface area contributed by atoms with Gasteiger partial charge in [0, 0.05) is 4.91 Å². The lowest BCUT2D eigenvalue weighted by Gasteiger charge is -2.24. The molecule has 0 saturated carbocycles. The van der Waals surface area contributed by atoms with Gasteiger partial charge in [-0.3, -0.25) is 0 Å². The molecule has 0 aromatic carbocycles. The first kappa shape index (κ1) is 12.0. The molecule has 16 heavy (non-hydrogen) atoms. The first-order chi connectivity index (χ1) is 7.44. The summed E-state index contributed by atoms with van der Waals surface area (Å²) in [4.78, 5) is 2.78. The molecule has 90 valence electrons. The maximum absolute atomic E-state index is 8.42. The second kappa shape index (κ2) is 4.09. The van der Waals surface area contributed by atoms with Crippen molar-refractivity contribution in [2.75, 3.05) is 0 Å². The number of rotatable bonds is 2. The predicted molar refractivity (Wildman–Crippen MR) is 60.1 cm³/mol. The molecule has 7 heteroatoms. The van der Waals surface area contributed by atoms with Crippen molar-refractivity contribution >= 4 is 12.6 Å². The Bertz CT molecular complexity index is 332. The van der Waals surface area contributed by atoms with Crippen LogP contribution >= 0.6 is 12.6 Å². The van der Waals surface area contributed by atoms with Crippen molar-refractivity contribution in [3.05, 3.63) is 10.4 Å². The van der Waals surface area contributed by atoms with E-state index in [0.29, 0.717) is 0 Å². The minimum Gasteiger partial charge on any atom is -0.359 e. The Morgan fingerprint density at radius 2 is 2.00 bits per heavy atom. The van der Waals surface area contributed by atoms with Gasteiger partial charge in [-0.25, -0.2) is 0 Å². The fourth-order valence-electron chi connectivity index (χ4n) is 2.14. The zero-order valence-corrected chi connectivity index (χ0v) is 10.3. The third-order valence-corrected chi connectivity index (χ3v) is 3.19. The van der Waals surface area contributed by atoms with Crippen molar-refractivity contribution in [1.29, 1.82) is 0 Å². The van der Waals surface area contributed by atoms with E-state index in [0.717, 1.165) is 0 Å². The van der Waals surface area contributed by atoms with E-state index in [-0.39, 0.29) is 29.8 Å². The molecular weight excluding hydrogens is 230 g/mol. The minimum atomic E-state index is -0.631. The number of hydrogen-bond acceptors (Lipinski definition) is 5. The molecule has 0 aliphatic carbocycles. The van der Waals surface area contributed by atoms with E-state index in [1.165, 1.54) is 0 Å². The molecule has 6 nitrogen and oxygen atoms in total. The fourth-order valence-corrected chi connectivity index (χ4v) is 2.51. The van der Waals surface area contributed by atoms with E-state index < -0.39 is 5.79 Å². The van der Waals surface area contributed by atoms with Crippen LogP contribution < -0.4 is 0 Å². The van der Waals surface area contributed by atoms with Crippen LogP contribution in [0.5, 0.6) is 0 Å². The fraction of sp³-hybridized carbons (Fsp3) is 1.00. The molecule has 0 bridgehead atoms. The lowest BCUT2D eigenvalue weighted by Crippen LogP contribution is -2.36. The highest BCUT2D eigenvalue weighted by Crippen LogP contribution is 2.41. The molecule has 2 rings (SSSR count). The summed E-state index contributed by atoms with van der Waals surface area (Å²) in [6.07, 6.45) is -0.733. The van der Waals surface area contributed by atoms with E-state index >= 15 is 0 Å². The van der Waals surface area contributed by atoms with Crippen LogP contribution in [0.3, 0.4) is 0 Å². The normalized spacial score (nSPS) is 42.5. The number of fused-ring (bicyclic) bond motifs is 1. The van der Waals surface area contributed by atoms with Crippen LogP contribution in [-0.4, -0.2) is 35.6 Å². The molecular formula is C9H15N3O3S. The highest BCUT2D eigenvalue weighted by atomic mass is 32.1. The number of nitrogens with zero attached hydrogens (tertiary/aromatic N) is 3. The van der Waals surface area contributed by atoms with E-state index in [1.807, 2.05) is 13.8 Å². The first-order valence-electron chi connectivity index (χ1n) is 5.18. The summed E-state index contributed by atoms with van der Waals surface area (Å²) in [6, 6.07) is -0.299. The molecule has 0 radical (unpaired) electrons. The third kappa shape index (κ3) is 2.01. The maximum atomic E-state index is 8.42. The average Bonchev–Trinajstić information content (AvgIpc) is 2.62. The first-order valence-corrected chi connectivity index (χ1v) is 5.69. The van der Waals surface area contributed by atoms with Gasteiger partial charge in [-0.1, -0.05) is 12.0 Å². The molecule has 0 aromatic rings. The van der Waals surface area contributed by atoms with Crippen LogP contribution in [0, 0.1) is 0 Å². The lowest BCUT2D eigenvalue weighted by molar-refractivity contribution is -0.179. The molecule has 0 aromatic heterocycles. The van der Waals surface area contributed by atoms with Gasteiger partial charge in [0.2, 0.25) is 0 Å². The van der Waals surface area contributed by atoms with Crippen molar-refractivity contribution in [1.82, 2.24) is 0 Å². The second-order valence-corrected chi connectivity index (χ2v) is 5.01. The van der Waals surface area contributed by atoms with E-state index in [2.05, 4.69) is 22.7 Å². The van der Waals surface area contributed by atoms with Crippen LogP contribution in [0.1, 0.15) is 20.8 Å². The van der Waals surface area contributed by atoms with Crippen LogP contribution in [0.4, 0.5) is 0 Å². The number of hydrogen-bond donors (Lipinski definition) is 1. The molecule has 2 aliphatic rings. The van der Waals surface area contributed by atoms with Crippen LogP contribution in [0.25, 0.3) is 10.4 Å². The Kier molecular flexibility index (Phi) is 3.07. The van der Waals surface area contributed by atoms with Gasteiger partial charge in [0.15, 0.2) is 5.79 Å². The Morgan fingerprint density at radius 3 is 2.62 bits per heavy atom. The maximum Gasteiger partial charge on any atom is 0.164 e. The average molecular weight is 245 g/mol. The number of thiol groups is 1. The summed E-state index contributed by atoms with van der Waals surface area (Å²) in [5, 5.41) is 3.64. The largest absolute Gasteiger partial charge is 0.359 e. The smallest absolute Gasteiger partial charge is 0.164 e. The molecule has 0 amide bonds. The summed E-state index contributed by atoms with van der Waals surface area (Å²) in [5.74, 6) is -0.631. The topological polar surface area (TPSA) is 76.5 Å². The van der Waals surface area contributed by atoms with Crippen molar-refractivity contribution in [2.24, 2.45) is 5.11 Å². The van der Waals surface area contributed by atoms with Gasteiger partial charge >= 0.3 is 0 Å². The summed E-state index contributed by atoms with van der Waals surface area (Å²) in [5.41, 5.74) is 8.08. The molecule has 2 aliphatic heterocycles. The van der Waals surface area contributed by atoms with Crippen molar-refractivity contribution in [3.8, 4) is 0 Å². The quantitative estimate of drug-likeness (QED) is 0.349. The van der Waals surface area contributed by atoms with Gasteiger partial charge in [0.05, 0.1) is 12.1 Å². The lowest BCUT2D eigenvalue weighted by atomic mass is 10.1. The zero-order valence-electron chi connectivity index (χ0n) is 9.40. The van der Waals surface area contributed by atoms with E-state index in [4.69, 9.17) is 19.7 Å². The van der Waals surface area contributed by atoms with Crippen molar-refractivity contribution in [2.45, 2.75) is 56.3 Å². The van der Waals surface area contributed by atoms with Gasteiger partial charge in [0.1, 0.15) is 17.6 Å². The van der Waals surface area contributed by atoms with Gasteiger partial charge in [-0.2, -0.15) is 0 Å². The summed E-state index contributed by atoms with van der Waals surface area (Å²) in [6.45, 7) is 5.49. The summed E-state index contributed by atoms with van der Waals surface area (Å²) < 4.78 is 17.0. The number of ether oxygens (including phenoxy) is 3. The van der Waals surface area contributed by atoms with Gasteiger partial charge in [-0.15, -0.1) is 12.6 Å². The van der Waals surface area contributed by atoms with Crippen molar-refractivity contribution in [3.63, 3.8) is 0 Å². The Balaban J connectivity index is 2.16. The van der Waals surface area contributed by atoms with E-state index in [1.54, 1.807) is 6.92 Å². The molecule has 2 saturated heterocycles. The standard InChI is InChI=1S/C9H15N3O3S/c1-4(11-12-10)5-6-7(8(16)13-5)15-9(2,3)14-6/h4-8,16H,1-3H3/t4-,5+,6?,7-,8-/m0/s1. The molecule has 5 atom stereocenters. The van der Waals surface area contributed by atoms with Crippen LogP contribution in [0.2, 0.25) is 0 Å². The van der Waals surface area contributed by atoms with E-state index in [9.17, 15) is 0 Å². The van der Waals surface area contributed by atoms with Gasteiger partial charge in [0.25, 0.3) is 0 Å². The summed E-state index contributed by atoms with van der Waals surface area (Å²) >= 11 is 4.30. The van der Waals surface area contributed by atoms with Gasteiger partial charge < -0.3 is 14.2 Å². The highest BCUT2D eigenvalue weighted by molar-refractivity contribution is 7.80. The van der Waals surface area contributed by atoms with Crippen molar-refractivity contribution < 1.29 is 14.2 Å². The zero-order chi connectivity index (χ0) is 11.9. The summed E-state index contributed by atoms with van der Waals surface area (Å²) in [7, 11) is 0. The molecule has 2 fully saturated rings. The van der Waals surface area contributed by atoms with Gasteiger partial charge in [-0.05, 0) is 19.4 Å². The highest BCUT2D eigenvalue weighted by Gasteiger charge is 2.55. The Hall–Kier alpha value is -0.460. The monoisotopic (exact) mass is 245 g/mol. The predicted octanol–water partition coefficient (Wildman–Crippen LogP) is 1.86. The number of azide groups is 1. The Morgan fingerprint density at radius 1 is 1.38 bits per heavy atom. The Labute approximate surface area is 99.3 Å².